The van der Waals surface area contributed by atoms with Gasteiger partial charge in [0, 0.05) is 19.0 Å². The van der Waals surface area contributed by atoms with E-state index in [1.807, 2.05) is 0 Å². The van der Waals surface area contributed by atoms with Crippen LogP contribution in [-0.2, 0) is 11.8 Å². The molecule has 110 valence electrons. The van der Waals surface area contributed by atoms with E-state index in [2.05, 4.69) is 10.4 Å². The van der Waals surface area contributed by atoms with Gasteiger partial charge in [-0.15, -0.1) is 0 Å². The molecular weight excluding hydrogens is 258 g/mol. The Hall–Kier alpha value is -2.05. The zero-order chi connectivity index (χ0) is 14.9. The Morgan fingerprint density at radius 2 is 1.90 bits per heavy atom. The normalized spacial score (nSPS) is 22.5. The number of hydrogen-bond donors (Lipinski definition) is 3. The molecule has 0 saturated heterocycles. The molecule has 0 spiro atoms. The van der Waals surface area contributed by atoms with Crippen LogP contribution in [0.3, 0.4) is 0 Å². The Kier molecular flexibility index (Phi) is 3.96. The van der Waals surface area contributed by atoms with Crippen molar-refractivity contribution < 1.29 is 9.59 Å². The molecule has 5 N–H and O–H groups in total. The van der Waals surface area contributed by atoms with Crippen molar-refractivity contribution in [2.75, 3.05) is 5.73 Å². The van der Waals surface area contributed by atoms with Gasteiger partial charge in [0.25, 0.3) is 5.91 Å². The van der Waals surface area contributed by atoms with E-state index in [1.54, 1.807) is 14.0 Å². The maximum atomic E-state index is 12.2. The van der Waals surface area contributed by atoms with Crippen molar-refractivity contribution in [2.45, 2.75) is 38.6 Å². The number of anilines is 1. The number of carbonyl (C=O) groups is 2. The van der Waals surface area contributed by atoms with Crippen LogP contribution in [0.4, 0.5) is 5.69 Å². The summed E-state index contributed by atoms with van der Waals surface area (Å²) in [6.45, 7) is 1.77. The third kappa shape index (κ3) is 2.76. The van der Waals surface area contributed by atoms with E-state index in [-0.39, 0.29) is 23.8 Å². The third-order valence-corrected chi connectivity index (χ3v) is 3.95. The van der Waals surface area contributed by atoms with Gasteiger partial charge in [-0.2, -0.15) is 5.10 Å². The number of carbonyl (C=O) groups excluding carboxylic acids is 2. The van der Waals surface area contributed by atoms with Gasteiger partial charge in [0.05, 0.1) is 11.4 Å². The zero-order valence-electron chi connectivity index (χ0n) is 11.8. The topological polar surface area (TPSA) is 116 Å². The smallest absolute Gasteiger partial charge is 0.271 e. The molecule has 0 atom stereocenters. The van der Waals surface area contributed by atoms with Crippen LogP contribution in [0.2, 0.25) is 0 Å². The number of primary amides is 1. The molecule has 1 fully saturated rings. The Labute approximate surface area is 117 Å². The van der Waals surface area contributed by atoms with Crippen LogP contribution < -0.4 is 16.8 Å². The fraction of sp³-hybridized carbons (Fsp3) is 0.615. The van der Waals surface area contributed by atoms with Gasteiger partial charge in [-0.05, 0) is 32.6 Å². The van der Waals surface area contributed by atoms with Crippen LogP contribution in [0.1, 0.15) is 41.9 Å². The van der Waals surface area contributed by atoms with Crippen LogP contribution in [-0.4, -0.2) is 27.6 Å². The average molecular weight is 279 g/mol. The van der Waals surface area contributed by atoms with Crippen LogP contribution in [0.15, 0.2) is 0 Å². The minimum absolute atomic E-state index is 0.0627. The molecule has 0 unspecified atom stereocenters. The Morgan fingerprint density at radius 3 is 2.35 bits per heavy atom. The molecule has 0 aromatic carbocycles. The molecule has 7 nitrogen and oxygen atoms in total. The van der Waals surface area contributed by atoms with E-state index >= 15 is 0 Å². The largest absolute Gasteiger partial charge is 0.395 e. The summed E-state index contributed by atoms with van der Waals surface area (Å²) in [5.41, 5.74) is 12.6. The van der Waals surface area contributed by atoms with Crippen molar-refractivity contribution in [1.82, 2.24) is 15.1 Å². The van der Waals surface area contributed by atoms with E-state index in [0.717, 1.165) is 25.7 Å². The Balaban J connectivity index is 1.98. The van der Waals surface area contributed by atoms with Gasteiger partial charge in [0.15, 0.2) is 0 Å². The lowest BCUT2D eigenvalue weighted by atomic mass is 9.85. The molecule has 1 aliphatic carbocycles. The van der Waals surface area contributed by atoms with Crippen LogP contribution >= 0.6 is 0 Å². The first kappa shape index (κ1) is 14.4. The summed E-state index contributed by atoms with van der Waals surface area (Å²) in [5, 5.41) is 7.09. The van der Waals surface area contributed by atoms with Crippen molar-refractivity contribution in [2.24, 2.45) is 18.7 Å². The van der Waals surface area contributed by atoms with Crippen molar-refractivity contribution >= 4 is 17.5 Å². The standard InChI is InChI=1S/C13H21N5O2/c1-7-10(14)11(18(2)17-7)13(20)16-9-5-3-8(4-6-9)12(15)19/h8-9H,3-6,14H2,1-2H3,(H2,15,19)(H,16,20). The summed E-state index contributed by atoms with van der Waals surface area (Å²) in [4.78, 5) is 23.3. The number of rotatable bonds is 3. The van der Waals surface area contributed by atoms with Crippen molar-refractivity contribution in [3.8, 4) is 0 Å². The predicted molar refractivity (Wildman–Crippen MR) is 74.8 cm³/mol. The lowest BCUT2D eigenvalue weighted by molar-refractivity contribution is -0.122. The molecule has 1 aromatic heterocycles. The molecule has 0 aliphatic heterocycles. The van der Waals surface area contributed by atoms with E-state index in [9.17, 15) is 9.59 Å². The van der Waals surface area contributed by atoms with Gasteiger partial charge < -0.3 is 16.8 Å². The molecule has 0 bridgehead atoms. The monoisotopic (exact) mass is 279 g/mol. The number of nitrogens with zero attached hydrogens (tertiary/aromatic N) is 2. The number of nitrogens with one attached hydrogen (secondary N) is 1. The number of hydrogen-bond acceptors (Lipinski definition) is 4. The number of nitrogen functional groups attached to an aromatic ring is 1. The fourth-order valence-corrected chi connectivity index (χ4v) is 2.72. The Bertz CT molecular complexity index is 529. The number of aromatic nitrogens is 2. The first-order valence-electron chi connectivity index (χ1n) is 6.79. The zero-order valence-corrected chi connectivity index (χ0v) is 11.8. The molecule has 2 rings (SSSR count). The SMILES string of the molecule is Cc1nn(C)c(C(=O)NC2CCC(C(N)=O)CC2)c1N. The lowest BCUT2D eigenvalue weighted by Gasteiger charge is -2.27. The minimum Gasteiger partial charge on any atom is -0.395 e. The van der Waals surface area contributed by atoms with E-state index in [4.69, 9.17) is 11.5 Å². The predicted octanol–water partition coefficient (Wildman–Crippen LogP) is 0.0846. The Morgan fingerprint density at radius 1 is 1.30 bits per heavy atom. The summed E-state index contributed by atoms with van der Waals surface area (Å²) in [7, 11) is 1.70. The second-order valence-corrected chi connectivity index (χ2v) is 5.40. The van der Waals surface area contributed by atoms with Gasteiger partial charge in [0.2, 0.25) is 5.91 Å². The van der Waals surface area contributed by atoms with Gasteiger partial charge in [0.1, 0.15) is 5.69 Å². The fourth-order valence-electron chi connectivity index (χ4n) is 2.72. The second-order valence-electron chi connectivity index (χ2n) is 5.40. The van der Waals surface area contributed by atoms with Crippen molar-refractivity contribution in [1.29, 1.82) is 0 Å². The summed E-state index contributed by atoms with van der Waals surface area (Å²) < 4.78 is 1.50. The van der Waals surface area contributed by atoms with Crippen LogP contribution in [0, 0.1) is 12.8 Å². The van der Waals surface area contributed by atoms with Crippen molar-refractivity contribution in [3.63, 3.8) is 0 Å². The highest BCUT2D eigenvalue weighted by atomic mass is 16.2. The highest BCUT2D eigenvalue weighted by Gasteiger charge is 2.27. The summed E-state index contributed by atoms with van der Waals surface area (Å²) in [6, 6.07) is 0.0627. The molecule has 7 heteroatoms. The summed E-state index contributed by atoms with van der Waals surface area (Å²) in [6.07, 6.45) is 2.96. The molecule has 0 radical (unpaired) electrons. The quantitative estimate of drug-likeness (QED) is 0.726. The van der Waals surface area contributed by atoms with E-state index in [0.29, 0.717) is 17.1 Å². The molecule has 20 heavy (non-hydrogen) atoms. The average Bonchev–Trinajstić information content (AvgIpc) is 2.63. The maximum absolute atomic E-state index is 12.2. The van der Waals surface area contributed by atoms with Gasteiger partial charge in [-0.1, -0.05) is 0 Å². The molecule has 1 saturated carbocycles. The summed E-state index contributed by atoms with van der Waals surface area (Å²) in [5.74, 6) is -0.526. The van der Waals surface area contributed by atoms with Crippen LogP contribution in [0.25, 0.3) is 0 Å². The first-order valence-corrected chi connectivity index (χ1v) is 6.79. The highest BCUT2D eigenvalue weighted by molar-refractivity contribution is 5.98. The first-order chi connectivity index (χ1) is 9.40. The molecule has 1 aliphatic rings. The molecule has 1 aromatic rings. The van der Waals surface area contributed by atoms with Gasteiger partial charge >= 0.3 is 0 Å². The minimum atomic E-state index is -0.249. The van der Waals surface area contributed by atoms with Crippen molar-refractivity contribution in [3.05, 3.63) is 11.4 Å². The molecule has 1 heterocycles. The molecule has 2 amide bonds. The second kappa shape index (κ2) is 5.52. The number of amides is 2. The maximum Gasteiger partial charge on any atom is 0.271 e. The number of aryl methyl sites for hydroxylation is 2. The number of nitrogens with two attached hydrogens (primary N) is 2. The van der Waals surface area contributed by atoms with Gasteiger partial charge in [-0.25, -0.2) is 0 Å². The van der Waals surface area contributed by atoms with E-state index in [1.165, 1.54) is 4.68 Å². The van der Waals surface area contributed by atoms with Gasteiger partial charge in [-0.3, -0.25) is 14.3 Å². The van der Waals surface area contributed by atoms with Crippen LogP contribution in [0.5, 0.6) is 0 Å². The molecular formula is C13H21N5O2. The highest BCUT2D eigenvalue weighted by Crippen LogP contribution is 2.24. The van der Waals surface area contributed by atoms with E-state index < -0.39 is 0 Å². The summed E-state index contributed by atoms with van der Waals surface area (Å²) >= 11 is 0. The third-order valence-electron chi connectivity index (χ3n) is 3.95. The lowest BCUT2D eigenvalue weighted by Crippen LogP contribution is -2.40.